The van der Waals surface area contributed by atoms with Gasteiger partial charge in [0.15, 0.2) is 0 Å². The Bertz CT molecular complexity index is 314. The molecule has 16 heavy (non-hydrogen) atoms. The van der Waals surface area contributed by atoms with Crippen LogP contribution in [-0.4, -0.2) is 18.5 Å². The zero-order chi connectivity index (χ0) is 11.8. The summed E-state index contributed by atoms with van der Waals surface area (Å²) in [6.45, 7) is 4.72. The zero-order valence-corrected chi connectivity index (χ0v) is 9.69. The van der Waals surface area contributed by atoms with Gasteiger partial charge in [0.1, 0.15) is 6.04 Å². The van der Waals surface area contributed by atoms with Gasteiger partial charge in [0.05, 0.1) is 6.61 Å². The number of hydrogen-bond acceptors (Lipinski definition) is 3. The molecule has 1 aromatic rings. The summed E-state index contributed by atoms with van der Waals surface area (Å²) in [6, 6.07) is 9.45. The van der Waals surface area contributed by atoms with Crippen LogP contribution in [0.5, 0.6) is 0 Å². The van der Waals surface area contributed by atoms with Crippen molar-refractivity contribution in [3.63, 3.8) is 0 Å². The highest BCUT2D eigenvalue weighted by molar-refractivity contribution is 5.80. The predicted molar refractivity (Wildman–Crippen MR) is 62.5 cm³/mol. The molecule has 0 aromatic heterocycles. The molecule has 1 amide bonds. The molecule has 0 aliphatic carbocycles. The molecule has 4 nitrogen and oxygen atoms in total. The van der Waals surface area contributed by atoms with Crippen molar-refractivity contribution in [1.82, 2.24) is 10.8 Å². The molecule has 0 saturated carbocycles. The third-order valence-corrected chi connectivity index (χ3v) is 2.09. The molecule has 0 spiro atoms. The van der Waals surface area contributed by atoms with E-state index in [0.29, 0.717) is 13.2 Å². The van der Waals surface area contributed by atoms with Crippen LogP contribution >= 0.6 is 0 Å². The van der Waals surface area contributed by atoms with Gasteiger partial charge >= 0.3 is 0 Å². The summed E-state index contributed by atoms with van der Waals surface area (Å²) in [5.74, 6) is -0.0597. The summed E-state index contributed by atoms with van der Waals surface area (Å²) in [6.07, 6.45) is 0. The summed E-state index contributed by atoms with van der Waals surface area (Å²) in [5, 5.41) is 2.71. The van der Waals surface area contributed by atoms with Crippen LogP contribution in [0.3, 0.4) is 0 Å². The molecule has 1 rings (SSSR count). The lowest BCUT2D eigenvalue weighted by Crippen LogP contribution is -2.41. The standard InChI is InChI=1S/C12H18N2O2/c1-3-13-12(15)10(2)14-16-9-11-7-5-4-6-8-11/h4-8,10,14H,3,9H2,1-2H3,(H,13,15). The molecule has 88 valence electrons. The molecule has 1 atom stereocenters. The highest BCUT2D eigenvalue weighted by Crippen LogP contribution is 1.99. The first kappa shape index (κ1) is 12.7. The Balaban J connectivity index is 2.23. The number of rotatable bonds is 6. The number of hydroxylamine groups is 1. The second-order valence-corrected chi connectivity index (χ2v) is 3.51. The average molecular weight is 222 g/mol. The molecular formula is C12H18N2O2. The van der Waals surface area contributed by atoms with E-state index in [9.17, 15) is 4.79 Å². The molecule has 1 aromatic carbocycles. The maximum Gasteiger partial charge on any atom is 0.239 e. The Kier molecular flexibility index (Phi) is 5.53. The van der Waals surface area contributed by atoms with Crippen molar-refractivity contribution < 1.29 is 9.63 Å². The summed E-state index contributed by atoms with van der Waals surface area (Å²) < 4.78 is 0. The molecule has 1 unspecified atom stereocenters. The normalized spacial score (nSPS) is 12.1. The fraction of sp³-hybridized carbons (Fsp3) is 0.417. The van der Waals surface area contributed by atoms with Crippen LogP contribution in [-0.2, 0) is 16.2 Å². The highest BCUT2D eigenvalue weighted by atomic mass is 16.6. The van der Waals surface area contributed by atoms with E-state index in [1.54, 1.807) is 6.92 Å². The lowest BCUT2D eigenvalue weighted by molar-refractivity contribution is -0.127. The van der Waals surface area contributed by atoms with Crippen LogP contribution in [0, 0.1) is 0 Å². The van der Waals surface area contributed by atoms with Crippen LogP contribution in [0.25, 0.3) is 0 Å². The van der Waals surface area contributed by atoms with Crippen molar-refractivity contribution in [1.29, 1.82) is 0 Å². The first-order valence-electron chi connectivity index (χ1n) is 5.43. The second kappa shape index (κ2) is 6.98. The Hall–Kier alpha value is -1.39. The van der Waals surface area contributed by atoms with Gasteiger partial charge in [-0.2, -0.15) is 5.48 Å². The van der Waals surface area contributed by atoms with E-state index in [1.165, 1.54) is 0 Å². The molecule has 0 radical (unpaired) electrons. The topological polar surface area (TPSA) is 50.4 Å². The maximum atomic E-state index is 11.3. The predicted octanol–water partition coefficient (Wildman–Crippen LogP) is 1.23. The summed E-state index contributed by atoms with van der Waals surface area (Å²) in [5.41, 5.74) is 3.77. The Morgan fingerprint density at radius 1 is 1.38 bits per heavy atom. The molecular weight excluding hydrogens is 204 g/mol. The minimum absolute atomic E-state index is 0.0597. The number of likely N-dealkylation sites (N-methyl/N-ethyl adjacent to an activating group) is 1. The summed E-state index contributed by atoms with van der Waals surface area (Å²) >= 11 is 0. The minimum atomic E-state index is -0.344. The van der Waals surface area contributed by atoms with E-state index in [0.717, 1.165) is 5.56 Å². The van der Waals surface area contributed by atoms with E-state index in [-0.39, 0.29) is 11.9 Å². The number of carbonyl (C=O) groups is 1. The monoisotopic (exact) mass is 222 g/mol. The van der Waals surface area contributed by atoms with Crippen molar-refractivity contribution in [2.24, 2.45) is 0 Å². The Morgan fingerprint density at radius 2 is 2.06 bits per heavy atom. The Labute approximate surface area is 95.9 Å². The number of nitrogens with one attached hydrogen (secondary N) is 2. The number of carbonyl (C=O) groups excluding carboxylic acids is 1. The molecule has 0 aliphatic heterocycles. The fourth-order valence-corrected chi connectivity index (χ4v) is 1.21. The van der Waals surface area contributed by atoms with Crippen molar-refractivity contribution >= 4 is 5.91 Å². The van der Waals surface area contributed by atoms with Crippen molar-refractivity contribution in [2.75, 3.05) is 6.54 Å². The van der Waals surface area contributed by atoms with Gasteiger partial charge in [0, 0.05) is 6.54 Å². The van der Waals surface area contributed by atoms with Crippen LogP contribution < -0.4 is 10.8 Å². The van der Waals surface area contributed by atoms with E-state index < -0.39 is 0 Å². The average Bonchev–Trinajstić information content (AvgIpc) is 2.30. The largest absolute Gasteiger partial charge is 0.355 e. The molecule has 0 heterocycles. The summed E-state index contributed by atoms with van der Waals surface area (Å²) in [7, 11) is 0. The minimum Gasteiger partial charge on any atom is -0.355 e. The number of hydrogen-bond donors (Lipinski definition) is 2. The number of amides is 1. The Morgan fingerprint density at radius 3 is 2.69 bits per heavy atom. The second-order valence-electron chi connectivity index (χ2n) is 3.51. The highest BCUT2D eigenvalue weighted by Gasteiger charge is 2.10. The molecule has 4 heteroatoms. The quantitative estimate of drug-likeness (QED) is 0.712. The van der Waals surface area contributed by atoms with E-state index in [4.69, 9.17) is 4.84 Å². The number of benzene rings is 1. The molecule has 0 bridgehead atoms. The van der Waals surface area contributed by atoms with E-state index >= 15 is 0 Å². The van der Waals surface area contributed by atoms with Gasteiger partial charge in [-0.3, -0.25) is 9.63 Å². The lowest BCUT2D eigenvalue weighted by Gasteiger charge is -2.13. The maximum absolute atomic E-state index is 11.3. The van der Waals surface area contributed by atoms with Gasteiger partial charge in [-0.05, 0) is 19.4 Å². The van der Waals surface area contributed by atoms with E-state index in [2.05, 4.69) is 10.8 Å². The van der Waals surface area contributed by atoms with Gasteiger partial charge in [-0.15, -0.1) is 0 Å². The molecule has 0 saturated heterocycles. The van der Waals surface area contributed by atoms with E-state index in [1.807, 2.05) is 37.3 Å². The van der Waals surface area contributed by atoms with Crippen LogP contribution in [0.4, 0.5) is 0 Å². The van der Waals surface area contributed by atoms with Gasteiger partial charge in [-0.25, -0.2) is 0 Å². The zero-order valence-electron chi connectivity index (χ0n) is 9.69. The fourth-order valence-electron chi connectivity index (χ4n) is 1.21. The third kappa shape index (κ3) is 4.42. The van der Waals surface area contributed by atoms with Crippen molar-refractivity contribution in [3.05, 3.63) is 35.9 Å². The molecule has 2 N–H and O–H groups in total. The van der Waals surface area contributed by atoms with Gasteiger partial charge in [-0.1, -0.05) is 30.3 Å². The smallest absolute Gasteiger partial charge is 0.239 e. The summed E-state index contributed by atoms with van der Waals surface area (Å²) in [4.78, 5) is 16.6. The molecule has 0 fully saturated rings. The first-order chi connectivity index (χ1) is 7.74. The van der Waals surface area contributed by atoms with Crippen LogP contribution in [0.2, 0.25) is 0 Å². The first-order valence-corrected chi connectivity index (χ1v) is 5.43. The van der Waals surface area contributed by atoms with Crippen molar-refractivity contribution in [3.8, 4) is 0 Å². The van der Waals surface area contributed by atoms with Crippen molar-refractivity contribution in [2.45, 2.75) is 26.5 Å². The van der Waals surface area contributed by atoms with Crippen LogP contribution in [0.15, 0.2) is 30.3 Å². The van der Waals surface area contributed by atoms with Crippen LogP contribution in [0.1, 0.15) is 19.4 Å². The van der Waals surface area contributed by atoms with Gasteiger partial charge in [0.2, 0.25) is 5.91 Å². The lowest BCUT2D eigenvalue weighted by atomic mass is 10.2. The van der Waals surface area contributed by atoms with Gasteiger partial charge in [0.25, 0.3) is 0 Å². The van der Waals surface area contributed by atoms with Gasteiger partial charge < -0.3 is 5.32 Å². The SMILES string of the molecule is CCNC(=O)C(C)NOCc1ccccc1. The third-order valence-electron chi connectivity index (χ3n) is 2.09. The molecule has 0 aliphatic rings.